The fourth-order valence-corrected chi connectivity index (χ4v) is 6.23. The van der Waals surface area contributed by atoms with E-state index in [4.69, 9.17) is 0 Å². The van der Waals surface area contributed by atoms with E-state index in [2.05, 4.69) is 51.8 Å². The van der Waals surface area contributed by atoms with Crippen molar-refractivity contribution in [2.24, 2.45) is 0 Å². The third-order valence-electron chi connectivity index (χ3n) is 6.04. The van der Waals surface area contributed by atoms with Crippen molar-refractivity contribution in [3.63, 3.8) is 0 Å². The third kappa shape index (κ3) is 4.04. The number of halogens is 1. The van der Waals surface area contributed by atoms with Crippen LogP contribution in [0.1, 0.15) is 23.5 Å². The molecule has 0 amide bonds. The molecule has 31 heavy (non-hydrogen) atoms. The quantitative estimate of drug-likeness (QED) is 0.314. The normalized spacial score (nSPS) is 17.4. The Hall–Kier alpha value is -2.16. The van der Waals surface area contributed by atoms with Crippen LogP contribution in [0.3, 0.4) is 0 Å². The van der Waals surface area contributed by atoms with Gasteiger partial charge >= 0.3 is 0 Å². The average molecular weight is 542 g/mol. The van der Waals surface area contributed by atoms with Crippen LogP contribution in [0.15, 0.2) is 90.0 Å². The Morgan fingerprint density at radius 3 is 2.39 bits per heavy atom. The van der Waals surface area contributed by atoms with Gasteiger partial charge in [-0.05, 0) is 82.9 Å². The van der Waals surface area contributed by atoms with Crippen LogP contribution in [0.5, 0.6) is 0 Å². The average Bonchev–Trinajstić information content (AvgIpc) is 3.40. The maximum Gasteiger partial charge on any atom is 0.268 e. The van der Waals surface area contributed by atoms with Gasteiger partial charge in [-0.3, -0.25) is 4.90 Å². The summed E-state index contributed by atoms with van der Waals surface area (Å²) in [5.41, 5.74) is 3.18. The minimum atomic E-state index is -3.65. The van der Waals surface area contributed by atoms with Crippen LogP contribution in [0.2, 0.25) is 0 Å². The zero-order chi connectivity index (χ0) is 21.4. The lowest BCUT2D eigenvalue weighted by Gasteiger charge is -2.16. The SMILES string of the molecule is O=S(=O)(c1ccc(I)cc1)n1cc(C2CCN(Cc3ccccc3)C2)c2ccccc21. The van der Waals surface area contributed by atoms with Gasteiger partial charge in [0.1, 0.15) is 0 Å². The fourth-order valence-electron chi connectivity index (χ4n) is 4.49. The predicted octanol–water partition coefficient (Wildman–Crippen LogP) is 5.47. The molecule has 0 saturated carbocycles. The molecule has 1 fully saturated rings. The molecule has 0 N–H and O–H groups in total. The molecule has 5 rings (SSSR count). The van der Waals surface area contributed by atoms with Crippen molar-refractivity contribution in [2.75, 3.05) is 13.1 Å². The molecule has 0 aliphatic carbocycles. The van der Waals surface area contributed by atoms with Crippen LogP contribution in [-0.4, -0.2) is 30.4 Å². The molecule has 2 heterocycles. The molecule has 6 heteroatoms. The summed E-state index contributed by atoms with van der Waals surface area (Å²) in [6.45, 7) is 2.88. The van der Waals surface area contributed by atoms with Crippen molar-refractivity contribution in [3.05, 3.63) is 99.8 Å². The van der Waals surface area contributed by atoms with Crippen molar-refractivity contribution >= 4 is 43.5 Å². The van der Waals surface area contributed by atoms with E-state index >= 15 is 0 Å². The molecule has 0 radical (unpaired) electrons. The molecule has 4 nitrogen and oxygen atoms in total. The van der Waals surface area contributed by atoms with Crippen molar-refractivity contribution in [2.45, 2.75) is 23.8 Å². The van der Waals surface area contributed by atoms with Crippen molar-refractivity contribution < 1.29 is 8.42 Å². The number of rotatable bonds is 5. The minimum absolute atomic E-state index is 0.317. The number of benzene rings is 3. The Kier molecular flexibility index (Phi) is 5.62. The van der Waals surface area contributed by atoms with Gasteiger partial charge < -0.3 is 0 Å². The van der Waals surface area contributed by atoms with E-state index in [1.54, 1.807) is 12.1 Å². The summed E-state index contributed by atoms with van der Waals surface area (Å²) >= 11 is 2.19. The monoisotopic (exact) mass is 542 g/mol. The Morgan fingerprint density at radius 2 is 1.61 bits per heavy atom. The largest absolute Gasteiger partial charge is 0.298 e. The highest BCUT2D eigenvalue weighted by Crippen LogP contribution is 2.36. The highest BCUT2D eigenvalue weighted by Gasteiger charge is 2.29. The second kappa shape index (κ2) is 8.41. The highest BCUT2D eigenvalue weighted by molar-refractivity contribution is 14.1. The van der Waals surface area contributed by atoms with Gasteiger partial charge in [-0.1, -0.05) is 48.5 Å². The lowest BCUT2D eigenvalue weighted by Crippen LogP contribution is -2.19. The Bertz CT molecular complexity index is 1310. The Morgan fingerprint density at radius 1 is 0.903 bits per heavy atom. The highest BCUT2D eigenvalue weighted by atomic mass is 127. The first kappa shape index (κ1) is 20.7. The second-order valence-electron chi connectivity index (χ2n) is 8.06. The Balaban J connectivity index is 1.49. The summed E-state index contributed by atoms with van der Waals surface area (Å²) in [6.07, 6.45) is 2.89. The minimum Gasteiger partial charge on any atom is -0.298 e. The van der Waals surface area contributed by atoms with Crippen LogP contribution < -0.4 is 0 Å². The summed E-state index contributed by atoms with van der Waals surface area (Å²) in [7, 11) is -3.65. The van der Waals surface area contributed by atoms with E-state index in [0.29, 0.717) is 10.8 Å². The molecule has 1 atom stereocenters. The smallest absolute Gasteiger partial charge is 0.268 e. The molecular weight excluding hydrogens is 519 g/mol. The van der Waals surface area contributed by atoms with E-state index < -0.39 is 10.0 Å². The molecule has 3 aromatic carbocycles. The first-order valence-corrected chi connectivity index (χ1v) is 12.9. The lowest BCUT2D eigenvalue weighted by atomic mass is 9.98. The van der Waals surface area contributed by atoms with Crippen molar-refractivity contribution in [1.82, 2.24) is 8.87 Å². The molecule has 1 unspecified atom stereocenters. The van der Waals surface area contributed by atoms with E-state index in [0.717, 1.165) is 46.1 Å². The van der Waals surface area contributed by atoms with Crippen LogP contribution >= 0.6 is 22.6 Å². The standard InChI is InChI=1S/C25H23IN2O2S/c26-21-10-12-22(13-11-21)31(29,30)28-18-24(23-8-4-5-9-25(23)28)20-14-15-27(17-20)16-19-6-2-1-3-7-19/h1-13,18,20H,14-17H2. The number of para-hydroxylation sites is 1. The summed E-state index contributed by atoms with van der Waals surface area (Å²) in [4.78, 5) is 2.78. The molecular formula is C25H23IN2O2S. The third-order valence-corrected chi connectivity index (χ3v) is 8.45. The zero-order valence-corrected chi connectivity index (χ0v) is 20.0. The summed E-state index contributed by atoms with van der Waals surface area (Å²) in [6, 6.07) is 25.4. The molecule has 4 aromatic rings. The lowest BCUT2D eigenvalue weighted by molar-refractivity contribution is 0.327. The Labute approximate surface area is 196 Å². The van der Waals surface area contributed by atoms with Crippen molar-refractivity contribution in [1.29, 1.82) is 0 Å². The van der Waals surface area contributed by atoms with Crippen LogP contribution in [0.4, 0.5) is 0 Å². The van der Waals surface area contributed by atoms with Gasteiger partial charge in [0.25, 0.3) is 10.0 Å². The van der Waals surface area contributed by atoms with Crippen molar-refractivity contribution in [3.8, 4) is 0 Å². The van der Waals surface area contributed by atoms with Crippen LogP contribution in [-0.2, 0) is 16.6 Å². The first-order chi connectivity index (χ1) is 15.0. The topological polar surface area (TPSA) is 42.3 Å². The number of likely N-dealkylation sites (tertiary alicyclic amines) is 1. The van der Waals surface area contributed by atoms with Gasteiger partial charge in [0.05, 0.1) is 10.4 Å². The molecule has 0 bridgehead atoms. The maximum absolute atomic E-state index is 13.4. The summed E-state index contributed by atoms with van der Waals surface area (Å²) < 4.78 is 29.4. The second-order valence-corrected chi connectivity index (χ2v) is 11.1. The van der Waals surface area contributed by atoms with Gasteiger partial charge in [0, 0.05) is 28.2 Å². The summed E-state index contributed by atoms with van der Waals surface area (Å²) in [5.74, 6) is 0.321. The number of fused-ring (bicyclic) bond motifs is 1. The molecule has 1 aliphatic heterocycles. The van der Waals surface area contributed by atoms with Gasteiger partial charge in [0.2, 0.25) is 0 Å². The predicted molar refractivity (Wildman–Crippen MR) is 133 cm³/mol. The molecule has 1 saturated heterocycles. The number of hydrogen-bond donors (Lipinski definition) is 0. The number of hydrogen-bond acceptors (Lipinski definition) is 3. The van der Waals surface area contributed by atoms with E-state index in [1.807, 2.05) is 48.7 Å². The van der Waals surface area contributed by atoms with Crippen LogP contribution in [0.25, 0.3) is 10.9 Å². The molecule has 0 spiro atoms. The zero-order valence-electron chi connectivity index (χ0n) is 17.0. The fraction of sp³-hybridized carbons (Fsp3) is 0.200. The summed E-state index contributed by atoms with van der Waals surface area (Å²) in [5, 5.41) is 1.03. The van der Waals surface area contributed by atoms with E-state index in [-0.39, 0.29) is 0 Å². The van der Waals surface area contributed by atoms with Gasteiger partial charge in [-0.15, -0.1) is 0 Å². The molecule has 1 aliphatic rings. The van der Waals surface area contributed by atoms with Gasteiger partial charge in [-0.2, -0.15) is 0 Å². The molecule has 158 valence electrons. The van der Waals surface area contributed by atoms with E-state index in [9.17, 15) is 8.42 Å². The van der Waals surface area contributed by atoms with Gasteiger partial charge in [0.15, 0.2) is 0 Å². The number of aromatic nitrogens is 1. The van der Waals surface area contributed by atoms with Crippen LogP contribution in [0, 0.1) is 3.57 Å². The van der Waals surface area contributed by atoms with Gasteiger partial charge in [-0.25, -0.2) is 12.4 Å². The van der Waals surface area contributed by atoms with E-state index in [1.165, 1.54) is 9.54 Å². The molecule has 1 aromatic heterocycles. The number of nitrogens with zero attached hydrogens (tertiary/aromatic N) is 2. The maximum atomic E-state index is 13.4. The first-order valence-electron chi connectivity index (χ1n) is 10.4.